The summed E-state index contributed by atoms with van der Waals surface area (Å²) in [5.74, 6) is 0. The van der Waals surface area contributed by atoms with Gasteiger partial charge in [-0.3, -0.25) is 10.1 Å². The van der Waals surface area contributed by atoms with Gasteiger partial charge in [0.15, 0.2) is 0 Å². The zero-order valence-corrected chi connectivity index (χ0v) is 7.71. The highest BCUT2D eigenvalue weighted by atomic mass is 19.4. The fourth-order valence-electron chi connectivity index (χ4n) is 1.47. The monoisotopic (exact) mass is 230 g/mol. The molecule has 7 heteroatoms. The summed E-state index contributed by atoms with van der Waals surface area (Å²) in [6.07, 6.45) is -3.30. The van der Waals surface area contributed by atoms with Crippen molar-refractivity contribution >= 4 is 16.6 Å². The first-order valence-electron chi connectivity index (χ1n) is 4.22. The van der Waals surface area contributed by atoms with Gasteiger partial charge in [-0.05, 0) is 12.1 Å². The van der Waals surface area contributed by atoms with Crippen LogP contribution >= 0.6 is 0 Å². The fourth-order valence-corrected chi connectivity index (χ4v) is 1.47. The number of hydrogen-bond donors (Lipinski definition) is 1. The number of benzene rings is 1. The standard InChI is InChI=1S/C9H5F3N2O2/c10-9(11,12)6-3-5-1-2-13-7(5)4-8(6)14(15)16/h1-4,13H. The molecule has 0 radical (unpaired) electrons. The predicted molar refractivity (Wildman–Crippen MR) is 50.0 cm³/mol. The number of halogens is 3. The molecule has 0 aliphatic carbocycles. The number of alkyl halides is 3. The number of H-pyrrole nitrogens is 1. The highest BCUT2D eigenvalue weighted by Crippen LogP contribution is 2.38. The number of hydrogen-bond acceptors (Lipinski definition) is 2. The van der Waals surface area contributed by atoms with Crippen molar-refractivity contribution in [2.24, 2.45) is 0 Å². The molecule has 0 bridgehead atoms. The van der Waals surface area contributed by atoms with Gasteiger partial charge in [0.1, 0.15) is 5.56 Å². The molecule has 2 rings (SSSR count). The summed E-state index contributed by atoms with van der Waals surface area (Å²) in [5, 5.41) is 10.8. The molecule has 0 unspecified atom stereocenters. The van der Waals surface area contributed by atoms with E-state index in [1.165, 1.54) is 12.3 Å². The Hall–Kier alpha value is -2.05. The summed E-state index contributed by atoms with van der Waals surface area (Å²) in [6.45, 7) is 0. The van der Waals surface area contributed by atoms with Gasteiger partial charge in [-0.25, -0.2) is 0 Å². The molecule has 2 aromatic rings. The van der Waals surface area contributed by atoms with Gasteiger partial charge in [0.2, 0.25) is 0 Å². The van der Waals surface area contributed by atoms with Crippen LogP contribution in [0.25, 0.3) is 10.9 Å². The van der Waals surface area contributed by atoms with Gasteiger partial charge < -0.3 is 4.98 Å². The van der Waals surface area contributed by atoms with Crippen molar-refractivity contribution in [1.82, 2.24) is 4.98 Å². The Morgan fingerprint density at radius 1 is 1.31 bits per heavy atom. The van der Waals surface area contributed by atoms with E-state index in [-0.39, 0.29) is 5.39 Å². The summed E-state index contributed by atoms with van der Waals surface area (Å²) < 4.78 is 37.6. The summed E-state index contributed by atoms with van der Waals surface area (Å²) in [6, 6.07) is 3.08. The van der Waals surface area contributed by atoms with Gasteiger partial charge in [0.25, 0.3) is 5.69 Å². The Labute approximate surface area is 86.8 Å². The Morgan fingerprint density at radius 2 is 2.00 bits per heavy atom. The van der Waals surface area contributed by atoms with Crippen molar-refractivity contribution in [2.45, 2.75) is 6.18 Å². The van der Waals surface area contributed by atoms with Crippen molar-refractivity contribution in [3.63, 3.8) is 0 Å². The number of fused-ring (bicyclic) bond motifs is 1. The highest BCUT2D eigenvalue weighted by molar-refractivity contribution is 5.83. The van der Waals surface area contributed by atoms with Crippen LogP contribution in [-0.4, -0.2) is 9.91 Å². The summed E-state index contributed by atoms with van der Waals surface area (Å²) in [4.78, 5) is 12.1. The molecular formula is C9H5F3N2O2. The lowest BCUT2D eigenvalue weighted by atomic mass is 10.1. The zero-order valence-electron chi connectivity index (χ0n) is 7.71. The van der Waals surface area contributed by atoms with Crippen LogP contribution in [-0.2, 0) is 6.18 Å². The largest absolute Gasteiger partial charge is 0.423 e. The second-order valence-corrected chi connectivity index (χ2v) is 3.19. The maximum atomic E-state index is 12.5. The molecule has 0 saturated heterocycles. The van der Waals surface area contributed by atoms with Crippen LogP contribution in [0.1, 0.15) is 5.56 Å². The maximum absolute atomic E-state index is 12.5. The number of nitro benzene ring substituents is 1. The third kappa shape index (κ3) is 1.60. The number of rotatable bonds is 1. The van der Waals surface area contributed by atoms with E-state index in [0.29, 0.717) is 5.52 Å². The molecule has 0 saturated carbocycles. The first-order valence-corrected chi connectivity index (χ1v) is 4.22. The Bertz CT molecular complexity index is 559. The Morgan fingerprint density at radius 3 is 2.56 bits per heavy atom. The predicted octanol–water partition coefficient (Wildman–Crippen LogP) is 3.09. The summed E-state index contributed by atoms with van der Waals surface area (Å²) >= 11 is 0. The molecule has 4 nitrogen and oxygen atoms in total. The first-order chi connectivity index (χ1) is 7.39. The van der Waals surface area contributed by atoms with Gasteiger partial charge in [0, 0.05) is 17.6 Å². The lowest BCUT2D eigenvalue weighted by molar-refractivity contribution is -0.387. The number of aromatic nitrogens is 1. The highest BCUT2D eigenvalue weighted by Gasteiger charge is 2.38. The average Bonchev–Trinajstić information content (AvgIpc) is 2.60. The molecule has 1 aromatic carbocycles. The molecule has 0 spiro atoms. The van der Waals surface area contributed by atoms with E-state index in [1.54, 1.807) is 0 Å². The zero-order chi connectivity index (χ0) is 11.9. The minimum absolute atomic E-state index is 0.290. The van der Waals surface area contributed by atoms with Crippen molar-refractivity contribution in [3.8, 4) is 0 Å². The third-order valence-electron chi connectivity index (χ3n) is 2.17. The minimum Gasteiger partial charge on any atom is -0.361 e. The molecule has 16 heavy (non-hydrogen) atoms. The number of nitro groups is 1. The first kappa shape index (κ1) is 10.5. The van der Waals surface area contributed by atoms with Crippen molar-refractivity contribution in [2.75, 3.05) is 0 Å². The second kappa shape index (κ2) is 3.22. The second-order valence-electron chi connectivity index (χ2n) is 3.19. The lowest BCUT2D eigenvalue weighted by Crippen LogP contribution is -2.08. The third-order valence-corrected chi connectivity index (χ3v) is 2.17. The van der Waals surface area contributed by atoms with Crippen molar-refractivity contribution in [3.05, 3.63) is 40.1 Å². The average molecular weight is 230 g/mol. The molecule has 0 fully saturated rings. The van der Waals surface area contributed by atoms with Gasteiger partial charge >= 0.3 is 6.18 Å². The van der Waals surface area contributed by atoms with Crippen molar-refractivity contribution < 1.29 is 18.1 Å². The van der Waals surface area contributed by atoms with Gasteiger partial charge in [-0.15, -0.1) is 0 Å². The lowest BCUT2D eigenvalue weighted by Gasteiger charge is -2.07. The van der Waals surface area contributed by atoms with Crippen LogP contribution in [0, 0.1) is 10.1 Å². The topological polar surface area (TPSA) is 58.9 Å². The molecule has 1 aromatic heterocycles. The van der Waals surface area contributed by atoms with E-state index in [0.717, 1.165) is 12.1 Å². The van der Waals surface area contributed by atoms with Crippen molar-refractivity contribution in [1.29, 1.82) is 0 Å². The SMILES string of the molecule is O=[N+]([O-])c1cc2[nH]ccc2cc1C(F)(F)F. The fraction of sp³-hybridized carbons (Fsp3) is 0.111. The van der Waals surface area contributed by atoms with Crippen LogP contribution < -0.4 is 0 Å². The van der Waals surface area contributed by atoms with Gasteiger partial charge in [-0.1, -0.05) is 0 Å². The van der Waals surface area contributed by atoms with E-state index in [9.17, 15) is 23.3 Å². The summed E-state index contributed by atoms with van der Waals surface area (Å²) in [5.41, 5.74) is -1.87. The molecule has 0 aliphatic rings. The Balaban J connectivity index is 2.77. The molecule has 0 amide bonds. The van der Waals surface area contributed by atoms with Crippen LogP contribution in [0.2, 0.25) is 0 Å². The minimum atomic E-state index is -4.73. The number of nitrogens with zero attached hydrogens (tertiary/aromatic N) is 1. The molecular weight excluding hydrogens is 225 g/mol. The van der Waals surface area contributed by atoms with E-state index in [4.69, 9.17) is 0 Å². The smallest absolute Gasteiger partial charge is 0.361 e. The van der Waals surface area contributed by atoms with Crippen LogP contribution in [0.3, 0.4) is 0 Å². The molecule has 1 N–H and O–H groups in total. The van der Waals surface area contributed by atoms with Crippen LogP contribution in [0.4, 0.5) is 18.9 Å². The van der Waals surface area contributed by atoms with E-state index in [1.807, 2.05) is 0 Å². The van der Waals surface area contributed by atoms with Crippen LogP contribution in [0.5, 0.6) is 0 Å². The van der Waals surface area contributed by atoms with E-state index >= 15 is 0 Å². The number of nitrogens with one attached hydrogen (secondary N) is 1. The van der Waals surface area contributed by atoms with E-state index < -0.39 is 22.4 Å². The number of aromatic amines is 1. The summed E-state index contributed by atoms with van der Waals surface area (Å²) in [7, 11) is 0. The quantitative estimate of drug-likeness (QED) is 0.604. The maximum Gasteiger partial charge on any atom is 0.423 e. The van der Waals surface area contributed by atoms with Crippen LogP contribution in [0.15, 0.2) is 24.4 Å². The molecule has 0 atom stereocenters. The molecule has 84 valence electrons. The molecule has 1 heterocycles. The van der Waals surface area contributed by atoms with E-state index in [2.05, 4.69) is 4.98 Å². The molecule has 0 aliphatic heterocycles. The van der Waals surface area contributed by atoms with Gasteiger partial charge in [0.05, 0.1) is 10.4 Å². The van der Waals surface area contributed by atoms with Gasteiger partial charge in [-0.2, -0.15) is 13.2 Å². The normalized spacial score (nSPS) is 11.9. The Kier molecular flexibility index (Phi) is 2.11.